The zero-order chi connectivity index (χ0) is 20.4. The van der Waals surface area contributed by atoms with Crippen LogP contribution in [0.2, 0.25) is 0 Å². The average Bonchev–Trinajstić information content (AvgIpc) is 3.05. The fourth-order valence-corrected chi connectivity index (χ4v) is 3.21. The van der Waals surface area contributed by atoms with Gasteiger partial charge in [-0.1, -0.05) is 0 Å². The zero-order valence-corrected chi connectivity index (χ0v) is 15.8. The molecule has 0 fully saturated rings. The van der Waals surface area contributed by atoms with Crippen molar-refractivity contribution < 1.29 is 23.1 Å². The van der Waals surface area contributed by atoms with Crippen molar-refractivity contribution in [3.63, 3.8) is 0 Å². The summed E-state index contributed by atoms with van der Waals surface area (Å²) in [6.07, 6.45) is 2.10. The van der Waals surface area contributed by atoms with Gasteiger partial charge in [0.1, 0.15) is 18.4 Å². The van der Waals surface area contributed by atoms with Crippen molar-refractivity contribution >= 4 is 11.8 Å². The van der Waals surface area contributed by atoms with E-state index in [-0.39, 0.29) is 17.2 Å². The van der Waals surface area contributed by atoms with Crippen LogP contribution in [0.15, 0.2) is 24.7 Å². The van der Waals surface area contributed by atoms with E-state index in [2.05, 4.69) is 10.1 Å². The minimum Gasteiger partial charge on any atom is -0.486 e. The number of ether oxygens (including phenoxy) is 1. The smallest absolute Gasteiger partial charge is 0.272 e. The van der Waals surface area contributed by atoms with Gasteiger partial charge in [-0.2, -0.15) is 5.10 Å². The van der Waals surface area contributed by atoms with Crippen LogP contribution < -0.4 is 4.74 Å². The maximum atomic E-state index is 13.1. The summed E-state index contributed by atoms with van der Waals surface area (Å²) in [4.78, 5) is 32.7. The highest BCUT2D eigenvalue weighted by atomic mass is 19.3. The molecule has 0 bridgehead atoms. The molecule has 0 aliphatic carbocycles. The summed E-state index contributed by atoms with van der Waals surface area (Å²) < 4.78 is 31.4. The molecule has 1 aliphatic rings. The number of hydrogen-bond donors (Lipinski definition) is 0. The fourth-order valence-electron chi connectivity index (χ4n) is 3.21. The summed E-state index contributed by atoms with van der Waals surface area (Å²) in [5, 5.41) is 4.22. The number of hydrogen-bond acceptors (Lipinski definition) is 5. The van der Waals surface area contributed by atoms with Gasteiger partial charge in [-0.25, -0.2) is 8.78 Å². The van der Waals surface area contributed by atoms with Crippen LogP contribution in [0.1, 0.15) is 27.7 Å². The van der Waals surface area contributed by atoms with Gasteiger partial charge in [0.05, 0.1) is 18.0 Å². The molecule has 0 saturated carbocycles. The highest BCUT2D eigenvalue weighted by Crippen LogP contribution is 2.32. The van der Waals surface area contributed by atoms with E-state index in [1.807, 2.05) is 0 Å². The van der Waals surface area contributed by atoms with Crippen LogP contribution in [-0.4, -0.2) is 70.1 Å². The lowest BCUT2D eigenvalue weighted by molar-refractivity contribution is -0.134. The van der Waals surface area contributed by atoms with Crippen LogP contribution >= 0.6 is 0 Å². The van der Waals surface area contributed by atoms with E-state index in [0.29, 0.717) is 18.5 Å². The molecule has 8 nitrogen and oxygen atoms in total. The summed E-state index contributed by atoms with van der Waals surface area (Å²) in [6, 6.07) is 0.541. The molecule has 1 atom stereocenters. The minimum atomic E-state index is -2.63. The van der Waals surface area contributed by atoms with Gasteiger partial charge in [0, 0.05) is 51.6 Å². The van der Waals surface area contributed by atoms with Gasteiger partial charge in [-0.05, 0) is 6.07 Å². The molecule has 2 amide bonds. The zero-order valence-electron chi connectivity index (χ0n) is 15.8. The second-order valence-corrected chi connectivity index (χ2v) is 6.67. The minimum absolute atomic E-state index is 0.0701. The molecule has 3 rings (SSSR count). The number of fused-ring (bicyclic) bond motifs is 1. The van der Waals surface area contributed by atoms with E-state index in [1.54, 1.807) is 32.0 Å². The largest absolute Gasteiger partial charge is 0.486 e. The summed E-state index contributed by atoms with van der Waals surface area (Å²) >= 11 is 0. The first kappa shape index (κ1) is 19.7. The summed E-state index contributed by atoms with van der Waals surface area (Å²) in [7, 11) is 5.03. The number of aromatic nitrogens is 3. The third-order valence-electron chi connectivity index (χ3n) is 4.56. The van der Waals surface area contributed by atoms with Crippen molar-refractivity contribution in [3.05, 3.63) is 41.5 Å². The van der Waals surface area contributed by atoms with E-state index in [9.17, 15) is 18.4 Å². The topological polar surface area (TPSA) is 80.6 Å². The highest BCUT2D eigenvalue weighted by Gasteiger charge is 2.39. The SMILES string of the molecule is CN(C)C(=O)C1c2cnn(C)c2CCN1C(=O)c1cncc(OCC(F)F)c1. The Morgan fingerprint density at radius 2 is 2.07 bits per heavy atom. The number of pyridine rings is 1. The van der Waals surface area contributed by atoms with Crippen molar-refractivity contribution in [2.24, 2.45) is 7.05 Å². The number of alkyl halides is 2. The van der Waals surface area contributed by atoms with E-state index in [1.165, 1.54) is 28.3 Å². The number of halogens is 2. The standard InChI is InChI=1S/C18H21F2N5O3/c1-23(2)18(27)16-13-9-22-24(3)14(13)4-5-25(16)17(26)11-6-12(8-21-7-11)28-10-15(19)20/h6-9,15-16H,4-5,10H2,1-3H3. The average molecular weight is 393 g/mol. The van der Waals surface area contributed by atoms with Gasteiger partial charge >= 0.3 is 0 Å². The first-order chi connectivity index (χ1) is 13.3. The summed E-state index contributed by atoms with van der Waals surface area (Å²) in [5.41, 5.74) is 1.74. The molecule has 0 radical (unpaired) electrons. The second-order valence-electron chi connectivity index (χ2n) is 6.67. The van der Waals surface area contributed by atoms with Gasteiger partial charge in [0.15, 0.2) is 0 Å². The van der Waals surface area contributed by atoms with Gasteiger partial charge in [0.2, 0.25) is 5.91 Å². The molecular weight excluding hydrogens is 372 g/mol. The molecular formula is C18H21F2N5O3. The van der Waals surface area contributed by atoms with Gasteiger partial charge in [-0.3, -0.25) is 19.3 Å². The number of rotatable bonds is 5. The van der Waals surface area contributed by atoms with Gasteiger partial charge in [-0.15, -0.1) is 0 Å². The quantitative estimate of drug-likeness (QED) is 0.765. The third-order valence-corrected chi connectivity index (χ3v) is 4.56. The van der Waals surface area contributed by atoms with Crippen LogP contribution in [0.5, 0.6) is 5.75 Å². The van der Waals surface area contributed by atoms with Crippen molar-refractivity contribution in [1.82, 2.24) is 24.6 Å². The number of likely N-dealkylation sites (N-methyl/N-ethyl adjacent to an activating group) is 1. The maximum absolute atomic E-state index is 13.1. The lowest BCUT2D eigenvalue weighted by atomic mass is 9.97. The molecule has 0 aromatic carbocycles. The van der Waals surface area contributed by atoms with E-state index in [4.69, 9.17) is 4.74 Å². The Hall–Kier alpha value is -3.04. The van der Waals surface area contributed by atoms with Crippen molar-refractivity contribution in [2.75, 3.05) is 27.2 Å². The van der Waals surface area contributed by atoms with E-state index >= 15 is 0 Å². The monoisotopic (exact) mass is 393 g/mol. The van der Waals surface area contributed by atoms with Crippen molar-refractivity contribution in [1.29, 1.82) is 0 Å². The molecule has 0 spiro atoms. The molecule has 10 heteroatoms. The summed E-state index contributed by atoms with van der Waals surface area (Å²) in [5.74, 6) is -0.606. The molecule has 1 unspecified atom stereocenters. The Bertz CT molecular complexity index is 884. The first-order valence-corrected chi connectivity index (χ1v) is 8.68. The Balaban J connectivity index is 1.92. The number of carbonyl (C=O) groups excluding carboxylic acids is 2. The Labute approximate surface area is 160 Å². The Morgan fingerprint density at radius 3 is 2.75 bits per heavy atom. The molecule has 3 heterocycles. The highest BCUT2D eigenvalue weighted by molar-refractivity contribution is 5.98. The maximum Gasteiger partial charge on any atom is 0.272 e. The Morgan fingerprint density at radius 1 is 1.32 bits per heavy atom. The predicted molar refractivity (Wildman–Crippen MR) is 95.1 cm³/mol. The van der Waals surface area contributed by atoms with E-state index < -0.39 is 25.0 Å². The number of aryl methyl sites for hydroxylation is 1. The molecule has 0 N–H and O–H groups in total. The molecule has 2 aromatic rings. The van der Waals surface area contributed by atoms with Crippen molar-refractivity contribution in [2.45, 2.75) is 18.9 Å². The van der Waals surface area contributed by atoms with Crippen LogP contribution in [-0.2, 0) is 18.3 Å². The number of amides is 2. The van der Waals surface area contributed by atoms with Crippen LogP contribution in [0.25, 0.3) is 0 Å². The van der Waals surface area contributed by atoms with Gasteiger partial charge < -0.3 is 14.5 Å². The molecule has 0 saturated heterocycles. The molecule has 2 aromatic heterocycles. The predicted octanol–water partition coefficient (Wildman–Crippen LogP) is 1.29. The summed E-state index contributed by atoms with van der Waals surface area (Å²) in [6.45, 7) is -0.471. The Kier molecular flexibility index (Phi) is 5.57. The fraction of sp³-hybridized carbons (Fsp3) is 0.444. The molecule has 150 valence electrons. The number of carbonyl (C=O) groups is 2. The first-order valence-electron chi connectivity index (χ1n) is 8.68. The van der Waals surface area contributed by atoms with Crippen LogP contribution in [0, 0.1) is 0 Å². The molecule has 28 heavy (non-hydrogen) atoms. The normalized spacial score (nSPS) is 16.1. The van der Waals surface area contributed by atoms with E-state index in [0.717, 1.165) is 5.69 Å². The lowest BCUT2D eigenvalue weighted by Crippen LogP contribution is -2.47. The van der Waals surface area contributed by atoms with Gasteiger partial charge in [0.25, 0.3) is 12.3 Å². The third kappa shape index (κ3) is 3.80. The van der Waals surface area contributed by atoms with Crippen LogP contribution in [0.3, 0.4) is 0 Å². The second kappa shape index (κ2) is 7.91. The molecule has 1 aliphatic heterocycles. The van der Waals surface area contributed by atoms with Crippen molar-refractivity contribution in [3.8, 4) is 5.75 Å². The van der Waals surface area contributed by atoms with Crippen LogP contribution in [0.4, 0.5) is 8.78 Å². The number of nitrogens with zero attached hydrogens (tertiary/aromatic N) is 5. The lowest BCUT2D eigenvalue weighted by Gasteiger charge is -2.36.